The molecule has 5 heterocycles. The number of hydrogen-bond donors (Lipinski definition) is 0. The molecule has 0 radical (unpaired) electrons. The van der Waals surface area contributed by atoms with E-state index >= 15 is 0 Å². The number of benzene rings is 5. The Morgan fingerprint density at radius 1 is 0.644 bits per heavy atom. The van der Waals surface area contributed by atoms with Crippen molar-refractivity contribution in [3.8, 4) is 17.3 Å². The van der Waals surface area contributed by atoms with Crippen LogP contribution in [0.15, 0.2) is 116 Å². The zero-order valence-electron chi connectivity index (χ0n) is 34.4. The van der Waals surface area contributed by atoms with Crippen LogP contribution in [0.1, 0.15) is 63.8 Å². The Labute approximate surface area is 364 Å². The topological polar surface area (TPSA) is 46.4 Å². The molecule has 1 aliphatic heterocycles. The maximum absolute atomic E-state index is 6.85. The predicted molar refractivity (Wildman–Crippen MR) is 242 cm³/mol. The van der Waals surface area contributed by atoms with E-state index in [1.54, 1.807) is 11.3 Å². The minimum atomic E-state index is -0.0264. The summed E-state index contributed by atoms with van der Waals surface area (Å²) >= 11 is 1.77. The molecule has 0 bridgehead atoms. The summed E-state index contributed by atoms with van der Waals surface area (Å²) in [6, 6.07) is 43.8. The molecule has 0 unspecified atom stereocenters. The predicted octanol–water partition coefficient (Wildman–Crippen LogP) is 14.0. The average Bonchev–Trinajstić information content (AvgIpc) is 3.87. The van der Waals surface area contributed by atoms with Crippen molar-refractivity contribution < 1.29 is 25.8 Å². The molecule has 0 fully saturated rings. The van der Waals surface area contributed by atoms with Gasteiger partial charge in [-0.3, -0.25) is 0 Å². The zero-order valence-corrected chi connectivity index (χ0v) is 37.5. The van der Waals surface area contributed by atoms with Crippen LogP contribution < -0.4 is 14.5 Å². The SMILES string of the molecule is Cc1cc(C(C)(C)C)cc(C)c1N1[CH-]N(c2[c-]c(Oc3[c-]c4c(cc3)c3ccccc3n4-c3cc(C(C)(C)C)ccn3)cc3c2sc2ccccc23)c2cccnc21.[Pt]. The second-order valence-corrected chi connectivity index (χ2v) is 18.5. The summed E-state index contributed by atoms with van der Waals surface area (Å²) in [7, 11) is 0. The number of fused-ring (bicyclic) bond motifs is 7. The van der Waals surface area contributed by atoms with Crippen LogP contribution in [0.5, 0.6) is 11.5 Å². The number of ether oxygens (including phenoxy) is 1. The minimum Gasteiger partial charge on any atom is -0.509 e. The molecule has 6 nitrogen and oxygen atoms in total. The van der Waals surface area contributed by atoms with Crippen molar-refractivity contribution in [3.63, 3.8) is 0 Å². The Kier molecular flexibility index (Phi) is 9.49. The number of rotatable bonds is 5. The molecule has 1 aliphatic rings. The Hall–Kier alpha value is -5.49. The van der Waals surface area contributed by atoms with Gasteiger partial charge in [0.2, 0.25) is 0 Å². The van der Waals surface area contributed by atoms with Crippen LogP contribution in [0.2, 0.25) is 0 Å². The summed E-state index contributed by atoms with van der Waals surface area (Å²) < 4.78 is 11.4. The van der Waals surface area contributed by atoms with E-state index in [2.05, 4.69) is 180 Å². The van der Waals surface area contributed by atoms with E-state index in [1.165, 1.54) is 32.3 Å². The van der Waals surface area contributed by atoms with E-state index in [4.69, 9.17) is 14.7 Å². The molecular weight excluding hydrogens is 926 g/mol. The fraction of sp³-hybridized carbons (Fsp3) is 0.196. The molecule has 0 amide bonds. The van der Waals surface area contributed by atoms with Crippen molar-refractivity contribution in [1.82, 2.24) is 14.5 Å². The van der Waals surface area contributed by atoms with E-state index < -0.39 is 0 Å². The molecule has 0 saturated heterocycles. The van der Waals surface area contributed by atoms with E-state index in [0.717, 1.165) is 60.6 Å². The van der Waals surface area contributed by atoms with E-state index in [1.807, 2.05) is 24.5 Å². The summed E-state index contributed by atoms with van der Waals surface area (Å²) in [6.07, 6.45) is 3.78. The first-order valence-corrected chi connectivity index (χ1v) is 20.6. The van der Waals surface area contributed by atoms with Crippen LogP contribution >= 0.6 is 11.3 Å². The Balaban J connectivity index is 0.00000449. The van der Waals surface area contributed by atoms with Gasteiger partial charge in [0.05, 0.1) is 5.69 Å². The molecule has 9 aromatic rings. The minimum absolute atomic E-state index is 0. The van der Waals surface area contributed by atoms with Gasteiger partial charge in [-0.1, -0.05) is 106 Å². The molecule has 4 aromatic heterocycles. The van der Waals surface area contributed by atoms with Gasteiger partial charge in [-0.2, -0.15) is 6.07 Å². The fourth-order valence-corrected chi connectivity index (χ4v) is 9.53. The quantitative estimate of drug-likeness (QED) is 0.161. The third kappa shape index (κ3) is 6.60. The van der Waals surface area contributed by atoms with Crippen molar-refractivity contribution in [1.29, 1.82) is 0 Å². The first-order chi connectivity index (χ1) is 27.8. The monoisotopic (exact) mass is 969 g/mol. The van der Waals surface area contributed by atoms with Crippen LogP contribution in [0.3, 0.4) is 0 Å². The summed E-state index contributed by atoms with van der Waals surface area (Å²) in [5.74, 6) is 2.94. The second-order valence-electron chi connectivity index (χ2n) is 17.4. The molecule has 8 heteroatoms. The van der Waals surface area contributed by atoms with E-state index in [0.29, 0.717) is 11.5 Å². The van der Waals surface area contributed by atoms with Crippen LogP contribution in [0.4, 0.5) is 22.9 Å². The number of para-hydroxylation sites is 1. The molecule has 0 atom stereocenters. The van der Waals surface area contributed by atoms with Crippen molar-refractivity contribution in [3.05, 3.63) is 157 Å². The van der Waals surface area contributed by atoms with Crippen molar-refractivity contribution in [2.45, 2.75) is 66.2 Å². The van der Waals surface area contributed by atoms with Crippen LogP contribution in [0.25, 0.3) is 47.8 Å². The maximum Gasteiger partial charge on any atom is 0.135 e. The Morgan fingerprint density at radius 3 is 2.14 bits per heavy atom. The van der Waals surface area contributed by atoms with Gasteiger partial charge in [0.1, 0.15) is 11.6 Å². The smallest absolute Gasteiger partial charge is 0.135 e. The second kappa shape index (κ2) is 14.4. The van der Waals surface area contributed by atoms with E-state index in [9.17, 15) is 0 Å². The number of hydrogen-bond acceptors (Lipinski definition) is 6. The van der Waals surface area contributed by atoms with Gasteiger partial charge in [-0.05, 0) is 94.1 Å². The average molecular weight is 970 g/mol. The molecule has 0 spiro atoms. The molecule has 0 N–H and O–H groups in total. The van der Waals surface area contributed by atoms with Crippen LogP contribution in [-0.2, 0) is 31.9 Å². The first kappa shape index (κ1) is 39.0. The Morgan fingerprint density at radius 2 is 1.37 bits per heavy atom. The van der Waals surface area contributed by atoms with Gasteiger partial charge < -0.3 is 19.1 Å². The molecule has 0 saturated carbocycles. The number of aromatic nitrogens is 3. The normalized spacial score (nSPS) is 13.2. The number of aryl methyl sites for hydroxylation is 2. The van der Waals surface area contributed by atoms with Gasteiger partial charge >= 0.3 is 0 Å². The molecule has 0 aliphatic carbocycles. The number of nitrogens with zero attached hydrogens (tertiary/aromatic N) is 5. The third-order valence-corrected chi connectivity index (χ3v) is 12.5. The maximum atomic E-state index is 6.85. The molecule has 10 rings (SSSR count). The van der Waals surface area contributed by atoms with Gasteiger partial charge in [0.25, 0.3) is 0 Å². The van der Waals surface area contributed by atoms with Gasteiger partial charge in [0.15, 0.2) is 0 Å². The number of anilines is 4. The molecule has 59 heavy (non-hydrogen) atoms. The number of pyridine rings is 2. The third-order valence-electron chi connectivity index (χ3n) is 11.3. The molecule has 298 valence electrons. The zero-order chi connectivity index (χ0) is 40.1. The van der Waals surface area contributed by atoms with Gasteiger partial charge in [-0.25, -0.2) is 21.3 Å². The standard InChI is InChI=1S/C51H44N5OS.Pt/c1-31-24-34(51(6,7)8)25-32(2)47(31)55-30-54(42-17-13-22-53-49(42)55)44-29-36(27-40-39-15-10-12-18-45(39)58-48(40)44)57-35-19-20-38-37-14-9-11-16-41(37)56(43(38)28-35)46-26-33(21-23-52-46)50(3,4)5;/h9-27,30H,1-8H3;/q-3;. The fourth-order valence-electron chi connectivity index (χ4n) is 8.35. The van der Waals surface area contributed by atoms with Crippen molar-refractivity contribution in [2.75, 3.05) is 9.80 Å². The van der Waals surface area contributed by atoms with Crippen LogP contribution in [-0.4, -0.2) is 14.5 Å². The summed E-state index contributed by atoms with van der Waals surface area (Å²) in [5, 5.41) is 4.52. The largest absolute Gasteiger partial charge is 0.509 e. The Bertz CT molecular complexity index is 3070. The number of thiophene rings is 1. The van der Waals surface area contributed by atoms with E-state index in [-0.39, 0.29) is 31.9 Å². The summed E-state index contributed by atoms with van der Waals surface area (Å²) in [6.45, 7) is 20.0. The first-order valence-electron chi connectivity index (χ1n) is 19.8. The molecular formula is C51H44N5OPtS-3. The van der Waals surface area contributed by atoms with Gasteiger partial charge in [0, 0.05) is 60.9 Å². The summed E-state index contributed by atoms with van der Waals surface area (Å²) in [5.41, 5.74) is 9.97. The van der Waals surface area contributed by atoms with Gasteiger partial charge in [-0.15, -0.1) is 41.7 Å². The molecule has 5 aromatic carbocycles. The van der Waals surface area contributed by atoms with Crippen molar-refractivity contribution in [2.24, 2.45) is 0 Å². The van der Waals surface area contributed by atoms with Crippen LogP contribution in [0, 0.1) is 32.6 Å². The van der Waals surface area contributed by atoms with Crippen molar-refractivity contribution >= 4 is 76.2 Å². The summed E-state index contributed by atoms with van der Waals surface area (Å²) in [4.78, 5) is 14.3.